The van der Waals surface area contributed by atoms with Crippen molar-refractivity contribution in [3.63, 3.8) is 0 Å². The molecule has 8 heteroatoms. The van der Waals surface area contributed by atoms with E-state index in [4.69, 9.17) is 0 Å². The van der Waals surface area contributed by atoms with Crippen LogP contribution in [0.4, 0.5) is 14.5 Å². The summed E-state index contributed by atoms with van der Waals surface area (Å²) in [5, 5.41) is 2.27. The third kappa shape index (κ3) is 3.96. The number of benzene rings is 2. The van der Waals surface area contributed by atoms with Crippen LogP contribution in [0.3, 0.4) is 0 Å². The minimum absolute atomic E-state index is 0.218. The van der Waals surface area contributed by atoms with E-state index in [1.165, 1.54) is 10.6 Å². The fraction of sp³-hybridized carbons (Fsp3) is 0.150. The second-order valence-corrected chi connectivity index (χ2v) is 7.27. The first-order valence-electron chi connectivity index (χ1n) is 8.44. The predicted molar refractivity (Wildman–Crippen MR) is 107 cm³/mol. The number of anilines is 1. The van der Waals surface area contributed by atoms with Gasteiger partial charge < -0.3 is 5.32 Å². The molecule has 1 heterocycles. The molecule has 0 fully saturated rings. The Hall–Kier alpha value is -3.00. The minimum atomic E-state index is -0.863. The van der Waals surface area contributed by atoms with Gasteiger partial charge in [0.05, 0.1) is 16.2 Å². The van der Waals surface area contributed by atoms with Crippen molar-refractivity contribution in [2.75, 3.05) is 5.32 Å². The molecule has 0 saturated carbocycles. The average Bonchev–Trinajstić information content (AvgIpc) is 2.67. The van der Waals surface area contributed by atoms with Gasteiger partial charge in [-0.3, -0.25) is 14.2 Å². The zero-order valence-corrected chi connectivity index (χ0v) is 15.8. The lowest BCUT2D eigenvalue weighted by atomic mass is 10.2. The molecule has 0 unspecified atom stereocenters. The Labute approximate surface area is 164 Å². The van der Waals surface area contributed by atoms with Crippen molar-refractivity contribution < 1.29 is 13.6 Å². The second kappa shape index (κ2) is 8.35. The molecule has 28 heavy (non-hydrogen) atoms. The summed E-state index contributed by atoms with van der Waals surface area (Å²) >= 11 is 1.03. The molecule has 2 aromatic carbocycles. The lowest BCUT2D eigenvalue weighted by molar-refractivity contribution is -0.115. The van der Waals surface area contributed by atoms with E-state index < -0.39 is 28.5 Å². The highest BCUT2D eigenvalue weighted by atomic mass is 32.2. The molecule has 144 valence electrons. The van der Waals surface area contributed by atoms with Crippen LogP contribution in [-0.2, 0) is 11.3 Å². The number of hydrogen-bond acceptors (Lipinski definition) is 4. The Morgan fingerprint density at radius 2 is 1.93 bits per heavy atom. The molecular formula is C20H17F2N3O2S. The lowest BCUT2D eigenvalue weighted by Crippen LogP contribution is -2.27. The Balaban J connectivity index is 1.91. The van der Waals surface area contributed by atoms with Gasteiger partial charge in [0.1, 0.15) is 17.3 Å². The van der Waals surface area contributed by atoms with E-state index >= 15 is 0 Å². The number of rotatable bonds is 6. The highest BCUT2D eigenvalue weighted by Gasteiger charge is 2.21. The van der Waals surface area contributed by atoms with Gasteiger partial charge in [-0.05, 0) is 31.2 Å². The first kappa shape index (κ1) is 19.8. The molecule has 0 bridgehead atoms. The van der Waals surface area contributed by atoms with Crippen molar-refractivity contribution >= 4 is 34.3 Å². The van der Waals surface area contributed by atoms with Crippen LogP contribution in [0.5, 0.6) is 0 Å². The average molecular weight is 401 g/mol. The van der Waals surface area contributed by atoms with Crippen LogP contribution < -0.4 is 10.9 Å². The van der Waals surface area contributed by atoms with E-state index in [1.807, 2.05) is 0 Å². The standard InChI is InChI=1S/C20H17F2N3O2S/c1-3-11-25-19(27)13-7-4-5-10-16(13)23-20(25)28-12(2)18(26)24-17-14(21)8-6-9-15(17)22/h3-10,12H,1,11H2,2H3,(H,24,26)/t12-/m1/s1. The van der Waals surface area contributed by atoms with Gasteiger partial charge in [0.2, 0.25) is 5.91 Å². The largest absolute Gasteiger partial charge is 0.320 e. The molecule has 5 nitrogen and oxygen atoms in total. The number of carbonyl (C=O) groups excluding carboxylic acids is 1. The third-order valence-corrected chi connectivity index (χ3v) is 5.09. The number of halogens is 2. The Bertz CT molecular complexity index is 1090. The number of aromatic nitrogens is 2. The summed E-state index contributed by atoms with van der Waals surface area (Å²) in [4.78, 5) is 29.6. The van der Waals surface area contributed by atoms with Crippen LogP contribution in [0.1, 0.15) is 6.92 Å². The SMILES string of the molecule is C=CCn1c(S[C@H](C)C(=O)Nc2c(F)cccc2F)nc2ccccc2c1=O. The van der Waals surface area contributed by atoms with Gasteiger partial charge in [-0.15, -0.1) is 6.58 Å². The lowest BCUT2D eigenvalue weighted by Gasteiger charge is -2.16. The zero-order chi connectivity index (χ0) is 20.3. The fourth-order valence-corrected chi connectivity index (χ4v) is 3.50. The van der Waals surface area contributed by atoms with Gasteiger partial charge in [0, 0.05) is 6.54 Å². The molecule has 0 radical (unpaired) electrons. The highest BCUT2D eigenvalue weighted by molar-refractivity contribution is 8.00. The number of fused-ring (bicyclic) bond motifs is 1. The van der Waals surface area contributed by atoms with E-state index in [0.29, 0.717) is 16.1 Å². The van der Waals surface area contributed by atoms with Crippen molar-refractivity contribution in [3.05, 3.63) is 77.1 Å². The summed E-state index contributed by atoms with van der Waals surface area (Å²) in [5.41, 5.74) is -0.251. The molecule has 0 aliphatic rings. The number of hydrogen-bond donors (Lipinski definition) is 1. The number of carbonyl (C=O) groups is 1. The van der Waals surface area contributed by atoms with Crippen molar-refractivity contribution in [2.45, 2.75) is 23.9 Å². The molecule has 1 N–H and O–H groups in total. The van der Waals surface area contributed by atoms with Gasteiger partial charge in [-0.25, -0.2) is 13.8 Å². The quantitative estimate of drug-likeness (QED) is 0.386. The van der Waals surface area contributed by atoms with Crippen LogP contribution >= 0.6 is 11.8 Å². The van der Waals surface area contributed by atoms with E-state index in [0.717, 1.165) is 23.9 Å². The topological polar surface area (TPSA) is 64.0 Å². The third-order valence-electron chi connectivity index (χ3n) is 4.00. The molecule has 0 aliphatic carbocycles. The van der Waals surface area contributed by atoms with Crippen LogP contribution in [0.15, 0.2) is 65.1 Å². The summed E-state index contributed by atoms with van der Waals surface area (Å²) < 4.78 is 28.9. The maximum atomic E-state index is 13.8. The van der Waals surface area contributed by atoms with Gasteiger partial charge in [-0.2, -0.15) is 0 Å². The number of para-hydroxylation sites is 2. The van der Waals surface area contributed by atoms with E-state index in [1.54, 1.807) is 37.3 Å². The monoisotopic (exact) mass is 401 g/mol. The summed E-state index contributed by atoms with van der Waals surface area (Å²) in [6.45, 7) is 5.43. The summed E-state index contributed by atoms with van der Waals surface area (Å²) in [5.74, 6) is -2.34. The maximum Gasteiger partial charge on any atom is 0.262 e. The summed E-state index contributed by atoms with van der Waals surface area (Å²) in [6, 6.07) is 10.2. The summed E-state index contributed by atoms with van der Waals surface area (Å²) in [6.07, 6.45) is 1.56. The zero-order valence-electron chi connectivity index (χ0n) is 15.0. The van der Waals surface area contributed by atoms with E-state index in [-0.39, 0.29) is 12.1 Å². The molecule has 3 aromatic rings. The number of allylic oxidation sites excluding steroid dienone is 1. The first-order valence-corrected chi connectivity index (χ1v) is 9.32. The van der Waals surface area contributed by atoms with Crippen LogP contribution in [0.25, 0.3) is 10.9 Å². The number of thioether (sulfide) groups is 1. The van der Waals surface area contributed by atoms with E-state index in [2.05, 4.69) is 16.9 Å². The Morgan fingerprint density at radius 3 is 2.61 bits per heavy atom. The van der Waals surface area contributed by atoms with Crippen LogP contribution in [0.2, 0.25) is 0 Å². The molecule has 0 aliphatic heterocycles. The Kier molecular flexibility index (Phi) is 5.89. The van der Waals surface area contributed by atoms with Gasteiger partial charge >= 0.3 is 0 Å². The van der Waals surface area contributed by atoms with Gasteiger partial charge in [0.15, 0.2) is 5.16 Å². The van der Waals surface area contributed by atoms with Crippen LogP contribution in [-0.4, -0.2) is 20.7 Å². The molecule has 1 aromatic heterocycles. The molecule has 1 atom stereocenters. The Morgan fingerprint density at radius 1 is 1.25 bits per heavy atom. The summed E-state index contributed by atoms with van der Waals surface area (Å²) in [7, 11) is 0. The maximum absolute atomic E-state index is 13.8. The highest BCUT2D eigenvalue weighted by Crippen LogP contribution is 2.25. The minimum Gasteiger partial charge on any atom is -0.320 e. The second-order valence-electron chi connectivity index (χ2n) is 5.96. The van der Waals surface area contributed by atoms with Crippen molar-refractivity contribution in [2.24, 2.45) is 0 Å². The first-order chi connectivity index (χ1) is 13.4. The number of nitrogens with zero attached hydrogens (tertiary/aromatic N) is 2. The number of amides is 1. The van der Waals surface area contributed by atoms with Crippen molar-refractivity contribution in [1.82, 2.24) is 9.55 Å². The molecular weight excluding hydrogens is 384 g/mol. The normalized spacial score (nSPS) is 12.0. The van der Waals surface area contributed by atoms with E-state index in [9.17, 15) is 18.4 Å². The predicted octanol–water partition coefficient (Wildman–Crippen LogP) is 3.98. The fourth-order valence-electron chi connectivity index (χ4n) is 2.58. The molecule has 1 amide bonds. The van der Waals surface area contributed by atoms with Gasteiger partial charge in [-0.1, -0.05) is 36.0 Å². The number of nitrogens with one attached hydrogen (secondary N) is 1. The van der Waals surface area contributed by atoms with Crippen molar-refractivity contribution in [3.8, 4) is 0 Å². The smallest absolute Gasteiger partial charge is 0.262 e. The van der Waals surface area contributed by atoms with Crippen LogP contribution in [0, 0.1) is 11.6 Å². The van der Waals surface area contributed by atoms with Crippen molar-refractivity contribution in [1.29, 1.82) is 0 Å². The molecule has 0 spiro atoms. The molecule has 3 rings (SSSR count). The molecule has 0 saturated heterocycles. The van der Waals surface area contributed by atoms with Gasteiger partial charge in [0.25, 0.3) is 5.56 Å².